The summed E-state index contributed by atoms with van der Waals surface area (Å²) in [5.41, 5.74) is 3.27. The first-order valence-corrected chi connectivity index (χ1v) is 9.91. The Morgan fingerprint density at radius 3 is 2.52 bits per heavy atom. The van der Waals surface area contributed by atoms with Crippen LogP contribution in [0.4, 0.5) is 0 Å². The third-order valence-electron chi connectivity index (χ3n) is 4.66. The molecule has 0 fully saturated rings. The second-order valence-corrected chi connectivity index (χ2v) is 7.65. The predicted molar refractivity (Wildman–Crippen MR) is 113 cm³/mol. The summed E-state index contributed by atoms with van der Waals surface area (Å²) in [6.07, 6.45) is 0. The molecule has 0 aliphatic rings. The molecule has 0 atom stereocenters. The van der Waals surface area contributed by atoms with E-state index in [-0.39, 0.29) is 5.91 Å². The van der Waals surface area contributed by atoms with Crippen LogP contribution < -0.4 is 9.47 Å². The molecule has 0 aliphatic heterocycles. The monoisotopic (exact) mass is 458 g/mol. The molecule has 0 saturated carbocycles. The van der Waals surface area contributed by atoms with E-state index in [2.05, 4.69) is 21.1 Å². The highest BCUT2D eigenvalue weighted by Gasteiger charge is 2.15. The molecule has 0 N–H and O–H groups in total. The number of methoxy groups -OCH3 is 1. The normalized spacial score (nSPS) is 10.7. The topological polar surface area (TPSA) is 64.8 Å². The highest BCUT2D eigenvalue weighted by atomic mass is 79.9. The van der Waals surface area contributed by atoms with Gasteiger partial charge in [0.05, 0.1) is 18.4 Å². The van der Waals surface area contributed by atoms with Crippen molar-refractivity contribution in [3.8, 4) is 11.5 Å². The Kier molecular flexibility index (Phi) is 6.59. The Hall–Kier alpha value is -2.80. The van der Waals surface area contributed by atoms with Crippen LogP contribution in [0.25, 0.3) is 0 Å². The van der Waals surface area contributed by atoms with E-state index in [0.717, 1.165) is 32.8 Å². The number of halogens is 1. The van der Waals surface area contributed by atoms with E-state index in [1.54, 1.807) is 43.3 Å². The van der Waals surface area contributed by atoms with Crippen molar-refractivity contribution in [2.24, 2.45) is 0 Å². The zero-order valence-electron chi connectivity index (χ0n) is 16.9. The number of carbonyl (C=O) groups is 1. The Labute approximate surface area is 178 Å². The first kappa shape index (κ1) is 20.9. The maximum Gasteiger partial charge on any atom is 0.253 e. The number of carbonyl (C=O) groups excluding carboxylic acids is 1. The van der Waals surface area contributed by atoms with Crippen LogP contribution in [0.3, 0.4) is 0 Å². The summed E-state index contributed by atoms with van der Waals surface area (Å²) in [7, 11) is 3.39. The van der Waals surface area contributed by atoms with Gasteiger partial charge in [-0.05, 0) is 56.3 Å². The number of ether oxygens (including phenoxy) is 2. The largest absolute Gasteiger partial charge is 0.496 e. The summed E-state index contributed by atoms with van der Waals surface area (Å²) >= 11 is 3.46. The molecule has 3 aromatic rings. The van der Waals surface area contributed by atoms with E-state index in [1.165, 1.54) is 0 Å². The molecule has 1 heterocycles. The van der Waals surface area contributed by atoms with Gasteiger partial charge in [-0.15, -0.1) is 0 Å². The van der Waals surface area contributed by atoms with Crippen LogP contribution in [0, 0.1) is 13.8 Å². The molecule has 1 aromatic heterocycles. The number of rotatable bonds is 7. The van der Waals surface area contributed by atoms with Crippen molar-refractivity contribution < 1.29 is 18.8 Å². The van der Waals surface area contributed by atoms with Gasteiger partial charge in [-0.1, -0.05) is 21.1 Å². The second-order valence-electron chi connectivity index (χ2n) is 6.73. The molecule has 6 nitrogen and oxygen atoms in total. The Bertz CT molecular complexity index is 979. The van der Waals surface area contributed by atoms with Gasteiger partial charge in [0.25, 0.3) is 5.91 Å². The molecule has 0 radical (unpaired) electrons. The number of benzene rings is 2. The van der Waals surface area contributed by atoms with Gasteiger partial charge in [0.2, 0.25) is 0 Å². The third-order valence-corrected chi connectivity index (χ3v) is 5.16. The van der Waals surface area contributed by atoms with Crippen LogP contribution in [-0.2, 0) is 13.2 Å². The smallest absolute Gasteiger partial charge is 0.253 e. The lowest BCUT2D eigenvalue weighted by Gasteiger charge is -2.19. The summed E-state index contributed by atoms with van der Waals surface area (Å²) in [5, 5.41) is 3.92. The number of aryl methyl sites for hydroxylation is 2. The molecule has 0 aliphatic carbocycles. The van der Waals surface area contributed by atoms with Crippen LogP contribution in [0.1, 0.15) is 32.9 Å². The van der Waals surface area contributed by atoms with Gasteiger partial charge in [-0.25, -0.2) is 0 Å². The van der Waals surface area contributed by atoms with Crippen LogP contribution in [-0.4, -0.2) is 30.1 Å². The number of hydrogen-bond donors (Lipinski definition) is 0. The summed E-state index contributed by atoms with van der Waals surface area (Å²) in [6.45, 7) is 4.55. The quantitative estimate of drug-likeness (QED) is 0.502. The minimum Gasteiger partial charge on any atom is -0.496 e. The van der Waals surface area contributed by atoms with Gasteiger partial charge in [0.15, 0.2) is 0 Å². The predicted octanol–water partition coefficient (Wildman–Crippen LogP) is 4.91. The molecule has 0 unspecified atom stereocenters. The summed E-state index contributed by atoms with van der Waals surface area (Å²) < 4.78 is 17.3. The zero-order chi connectivity index (χ0) is 21.0. The SMILES string of the molecule is COc1ccc(Br)cc1CN(C)C(=O)c1ccc(OCc2c(C)noc2C)cc1. The average Bonchev–Trinajstić information content (AvgIpc) is 3.04. The maximum atomic E-state index is 12.8. The first-order chi connectivity index (χ1) is 13.9. The van der Waals surface area contributed by atoms with Gasteiger partial charge in [-0.2, -0.15) is 0 Å². The van der Waals surface area contributed by atoms with Crippen LogP contribution in [0.5, 0.6) is 11.5 Å². The lowest BCUT2D eigenvalue weighted by Crippen LogP contribution is -2.26. The van der Waals surface area contributed by atoms with Crippen molar-refractivity contribution in [3.63, 3.8) is 0 Å². The minimum atomic E-state index is -0.0793. The highest BCUT2D eigenvalue weighted by molar-refractivity contribution is 9.10. The standard InChI is InChI=1S/C22H23BrN2O4/c1-14-20(15(2)29-24-14)13-28-19-8-5-16(6-9-19)22(26)25(3)12-17-11-18(23)7-10-21(17)27-4/h5-11H,12-13H2,1-4H3. The van der Waals surface area contributed by atoms with Gasteiger partial charge in [-0.3, -0.25) is 4.79 Å². The minimum absolute atomic E-state index is 0.0793. The number of amides is 1. The van der Waals surface area contributed by atoms with Gasteiger partial charge < -0.3 is 18.9 Å². The molecule has 29 heavy (non-hydrogen) atoms. The summed E-state index contributed by atoms with van der Waals surface area (Å²) in [6, 6.07) is 12.8. The molecule has 0 spiro atoms. The molecule has 2 aromatic carbocycles. The fourth-order valence-corrected chi connectivity index (χ4v) is 3.38. The van der Waals surface area contributed by atoms with Gasteiger partial charge >= 0.3 is 0 Å². The van der Waals surface area contributed by atoms with Gasteiger partial charge in [0.1, 0.15) is 23.9 Å². The van der Waals surface area contributed by atoms with E-state index in [9.17, 15) is 4.79 Å². The molecule has 0 bridgehead atoms. The molecular weight excluding hydrogens is 436 g/mol. The van der Waals surface area contributed by atoms with E-state index < -0.39 is 0 Å². The Morgan fingerprint density at radius 1 is 1.17 bits per heavy atom. The molecule has 0 saturated heterocycles. The van der Waals surface area contributed by atoms with E-state index in [1.807, 2.05) is 32.0 Å². The number of hydrogen-bond acceptors (Lipinski definition) is 5. The zero-order valence-corrected chi connectivity index (χ0v) is 18.4. The third kappa shape index (κ3) is 4.98. The molecular formula is C22H23BrN2O4. The van der Waals surface area contributed by atoms with Crippen molar-refractivity contribution in [2.75, 3.05) is 14.2 Å². The fourth-order valence-electron chi connectivity index (χ4n) is 2.98. The Morgan fingerprint density at radius 2 is 1.90 bits per heavy atom. The maximum absolute atomic E-state index is 12.8. The van der Waals surface area contributed by atoms with Gasteiger partial charge in [0, 0.05) is 29.2 Å². The molecule has 1 amide bonds. The molecule has 3 rings (SSSR count). The van der Waals surface area contributed by atoms with Crippen molar-refractivity contribution in [1.82, 2.24) is 10.1 Å². The van der Waals surface area contributed by atoms with E-state index >= 15 is 0 Å². The average molecular weight is 459 g/mol. The van der Waals surface area contributed by atoms with E-state index in [4.69, 9.17) is 14.0 Å². The van der Waals surface area contributed by atoms with Crippen LogP contribution in [0.15, 0.2) is 51.5 Å². The second kappa shape index (κ2) is 9.13. The molecule has 7 heteroatoms. The van der Waals surface area contributed by atoms with Crippen molar-refractivity contribution in [3.05, 3.63) is 75.1 Å². The summed E-state index contributed by atoms with van der Waals surface area (Å²) in [5.74, 6) is 2.09. The van der Waals surface area contributed by atoms with Crippen LogP contribution in [0.2, 0.25) is 0 Å². The lowest BCUT2D eigenvalue weighted by molar-refractivity contribution is 0.0784. The highest BCUT2D eigenvalue weighted by Crippen LogP contribution is 2.25. The fraction of sp³-hybridized carbons (Fsp3) is 0.273. The summed E-state index contributed by atoms with van der Waals surface area (Å²) in [4.78, 5) is 14.4. The van der Waals surface area contributed by atoms with Crippen molar-refractivity contribution in [2.45, 2.75) is 27.0 Å². The first-order valence-electron chi connectivity index (χ1n) is 9.11. The van der Waals surface area contributed by atoms with Crippen molar-refractivity contribution >= 4 is 21.8 Å². The van der Waals surface area contributed by atoms with Crippen molar-refractivity contribution in [1.29, 1.82) is 0 Å². The number of nitrogens with zero attached hydrogens (tertiary/aromatic N) is 2. The molecule has 152 valence electrons. The Balaban J connectivity index is 1.64. The number of aromatic nitrogens is 1. The lowest BCUT2D eigenvalue weighted by atomic mass is 10.1. The van der Waals surface area contributed by atoms with Crippen LogP contribution >= 0.6 is 15.9 Å². The van der Waals surface area contributed by atoms with E-state index in [0.29, 0.717) is 24.5 Å².